The topological polar surface area (TPSA) is 75.3 Å². The third-order valence-electron chi connectivity index (χ3n) is 0.857. The molecular weight excluding hydrogens is 132 g/mol. The van der Waals surface area contributed by atoms with E-state index in [1.54, 1.807) is 13.8 Å². The van der Waals surface area contributed by atoms with Gasteiger partial charge in [-0.3, -0.25) is 4.79 Å². The van der Waals surface area contributed by atoms with Gasteiger partial charge in [-0.15, -0.1) is 0 Å². The highest BCUT2D eigenvalue weighted by molar-refractivity contribution is 5.75. The highest BCUT2D eigenvalue weighted by Crippen LogP contribution is 1.95. The summed E-state index contributed by atoms with van der Waals surface area (Å²) in [4.78, 5) is 10.2. The molecule has 0 saturated heterocycles. The smallest absolute Gasteiger partial charge is 0.231 e. The van der Waals surface area contributed by atoms with Crippen molar-refractivity contribution in [1.29, 1.82) is 0 Å². The molecule has 0 aromatic rings. The fourth-order valence-electron chi connectivity index (χ4n) is 0.492. The SMILES string of the molecule is CC(C)(O)CNCC(N)=O. The Morgan fingerprint density at radius 3 is 2.50 bits per heavy atom. The molecule has 4 N–H and O–H groups in total. The third-order valence-corrected chi connectivity index (χ3v) is 0.857. The average Bonchev–Trinajstić information content (AvgIpc) is 1.59. The molecule has 0 fully saturated rings. The first kappa shape index (κ1) is 9.39. The fourth-order valence-corrected chi connectivity index (χ4v) is 0.492. The van der Waals surface area contributed by atoms with Crippen LogP contribution in [-0.4, -0.2) is 29.7 Å². The van der Waals surface area contributed by atoms with E-state index in [-0.39, 0.29) is 6.54 Å². The first-order valence-corrected chi connectivity index (χ1v) is 3.13. The zero-order valence-corrected chi connectivity index (χ0v) is 6.35. The second kappa shape index (κ2) is 3.53. The van der Waals surface area contributed by atoms with Gasteiger partial charge >= 0.3 is 0 Å². The molecule has 1 amide bonds. The van der Waals surface area contributed by atoms with Crippen molar-refractivity contribution in [2.75, 3.05) is 13.1 Å². The molecule has 0 unspecified atom stereocenters. The van der Waals surface area contributed by atoms with Gasteiger partial charge in [0.1, 0.15) is 0 Å². The lowest BCUT2D eigenvalue weighted by atomic mass is 10.1. The van der Waals surface area contributed by atoms with Crippen LogP contribution in [0.25, 0.3) is 0 Å². The number of carbonyl (C=O) groups is 1. The van der Waals surface area contributed by atoms with Gasteiger partial charge in [0.2, 0.25) is 5.91 Å². The summed E-state index contributed by atoms with van der Waals surface area (Å²) in [7, 11) is 0. The van der Waals surface area contributed by atoms with E-state index in [0.717, 1.165) is 0 Å². The highest BCUT2D eigenvalue weighted by atomic mass is 16.3. The van der Waals surface area contributed by atoms with Crippen LogP contribution in [-0.2, 0) is 4.79 Å². The van der Waals surface area contributed by atoms with E-state index >= 15 is 0 Å². The molecule has 0 aliphatic carbocycles. The van der Waals surface area contributed by atoms with Crippen LogP contribution in [0.2, 0.25) is 0 Å². The van der Waals surface area contributed by atoms with Crippen molar-refractivity contribution in [3.05, 3.63) is 0 Å². The molecule has 4 heteroatoms. The number of aliphatic hydroxyl groups is 1. The Morgan fingerprint density at radius 1 is 1.70 bits per heavy atom. The molecule has 0 spiro atoms. The molecule has 0 radical (unpaired) electrons. The summed E-state index contributed by atoms with van der Waals surface area (Å²) >= 11 is 0. The number of rotatable bonds is 4. The van der Waals surface area contributed by atoms with Crippen molar-refractivity contribution < 1.29 is 9.90 Å². The molecule has 0 aromatic carbocycles. The molecular formula is C6H14N2O2. The second-order valence-electron chi connectivity index (χ2n) is 2.88. The van der Waals surface area contributed by atoms with E-state index in [1.165, 1.54) is 0 Å². The van der Waals surface area contributed by atoms with Crippen LogP contribution in [0.5, 0.6) is 0 Å². The average molecular weight is 146 g/mol. The second-order valence-corrected chi connectivity index (χ2v) is 2.88. The van der Waals surface area contributed by atoms with Crippen LogP contribution < -0.4 is 11.1 Å². The number of primary amides is 1. The molecule has 0 bridgehead atoms. The lowest BCUT2D eigenvalue weighted by molar-refractivity contribution is -0.117. The van der Waals surface area contributed by atoms with Crippen LogP contribution in [0, 0.1) is 0 Å². The monoisotopic (exact) mass is 146 g/mol. The van der Waals surface area contributed by atoms with E-state index in [9.17, 15) is 4.79 Å². The zero-order valence-electron chi connectivity index (χ0n) is 6.35. The van der Waals surface area contributed by atoms with E-state index < -0.39 is 11.5 Å². The normalized spacial score (nSPS) is 11.5. The van der Waals surface area contributed by atoms with Gasteiger partial charge in [0.05, 0.1) is 12.1 Å². The van der Waals surface area contributed by atoms with Crippen molar-refractivity contribution in [3.63, 3.8) is 0 Å². The molecule has 60 valence electrons. The Hall–Kier alpha value is -0.610. The van der Waals surface area contributed by atoms with Crippen molar-refractivity contribution >= 4 is 5.91 Å². The summed E-state index contributed by atoms with van der Waals surface area (Å²) in [5.74, 6) is -0.413. The molecule has 0 aliphatic heterocycles. The standard InChI is InChI=1S/C6H14N2O2/c1-6(2,10)4-8-3-5(7)9/h8,10H,3-4H2,1-2H3,(H2,7,9). The number of nitrogens with one attached hydrogen (secondary N) is 1. The lowest BCUT2D eigenvalue weighted by Crippen LogP contribution is -2.39. The Labute approximate surface area is 60.4 Å². The van der Waals surface area contributed by atoms with E-state index in [1.807, 2.05) is 0 Å². The quantitative estimate of drug-likeness (QED) is 0.468. The largest absolute Gasteiger partial charge is 0.389 e. The first-order valence-electron chi connectivity index (χ1n) is 3.13. The molecule has 0 saturated carbocycles. The zero-order chi connectivity index (χ0) is 8.20. The predicted octanol–water partition coefficient (Wildman–Crippen LogP) is -1.17. The molecule has 10 heavy (non-hydrogen) atoms. The minimum absolute atomic E-state index is 0.115. The minimum atomic E-state index is -0.782. The summed E-state index contributed by atoms with van der Waals surface area (Å²) in [6.45, 7) is 3.79. The molecule has 0 heterocycles. The molecule has 4 nitrogen and oxygen atoms in total. The van der Waals surface area contributed by atoms with E-state index in [2.05, 4.69) is 5.32 Å². The summed E-state index contributed by atoms with van der Waals surface area (Å²) < 4.78 is 0. The summed E-state index contributed by atoms with van der Waals surface area (Å²) in [5.41, 5.74) is 4.06. The maximum Gasteiger partial charge on any atom is 0.231 e. The molecule has 0 rings (SSSR count). The number of hydrogen-bond donors (Lipinski definition) is 3. The third kappa shape index (κ3) is 7.39. The van der Waals surface area contributed by atoms with Crippen molar-refractivity contribution in [2.24, 2.45) is 5.73 Å². The van der Waals surface area contributed by atoms with Gasteiger partial charge < -0.3 is 16.2 Å². The maximum absolute atomic E-state index is 10.2. The number of amides is 1. The van der Waals surface area contributed by atoms with Gasteiger partial charge in [-0.05, 0) is 13.8 Å². The Morgan fingerprint density at radius 2 is 2.20 bits per heavy atom. The maximum atomic E-state index is 10.2. The number of hydrogen-bond acceptors (Lipinski definition) is 3. The molecule has 0 atom stereocenters. The van der Waals surface area contributed by atoms with Gasteiger partial charge in [0, 0.05) is 6.54 Å². The van der Waals surface area contributed by atoms with Crippen molar-refractivity contribution in [1.82, 2.24) is 5.32 Å². The molecule has 0 aromatic heterocycles. The van der Waals surface area contributed by atoms with E-state index in [4.69, 9.17) is 10.8 Å². The number of nitrogens with two attached hydrogens (primary N) is 1. The van der Waals surface area contributed by atoms with Gasteiger partial charge in [-0.25, -0.2) is 0 Å². The van der Waals surface area contributed by atoms with E-state index in [0.29, 0.717) is 6.54 Å². The van der Waals surface area contributed by atoms with Crippen LogP contribution >= 0.6 is 0 Å². The Bertz CT molecular complexity index is 117. The lowest BCUT2D eigenvalue weighted by Gasteiger charge is -2.16. The first-order chi connectivity index (χ1) is 4.42. The Kier molecular flexibility index (Phi) is 3.32. The van der Waals surface area contributed by atoms with Crippen LogP contribution in [0.1, 0.15) is 13.8 Å². The van der Waals surface area contributed by atoms with Crippen LogP contribution in [0.4, 0.5) is 0 Å². The summed E-state index contributed by atoms with van der Waals surface area (Å²) in [6.07, 6.45) is 0. The van der Waals surface area contributed by atoms with Crippen LogP contribution in [0.15, 0.2) is 0 Å². The van der Waals surface area contributed by atoms with Crippen molar-refractivity contribution in [3.8, 4) is 0 Å². The van der Waals surface area contributed by atoms with Crippen LogP contribution in [0.3, 0.4) is 0 Å². The van der Waals surface area contributed by atoms with Gasteiger partial charge in [0.25, 0.3) is 0 Å². The highest BCUT2D eigenvalue weighted by Gasteiger charge is 2.10. The molecule has 0 aliphatic rings. The Balaban J connectivity index is 3.29. The van der Waals surface area contributed by atoms with Gasteiger partial charge in [0.15, 0.2) is 0 Å². The van der Waals surface area contributed by atoms with Gasteiger partial charge in [-0.1, -0.05) is 0 Å². The fraction of sp³-hybridized carbons (Fsp3) is 0.833. The summed E-state index contributed by atoms with van der Waals surface area (Å²) in [6, 6.07) is 0. The predicted molar refractivity (Wildman–Crippen MR) is 38.4 cm³/mol. The van der Waals surface area contributed by atoms with Gasteiger partial charge in [-0.2, -0.15) is 0 Å². The number of carbonyl (C=O) groups excluding carboxylic acids is 1. The summed E-state index contributed by atoms with van der Waals surface area (Å²) in [5, 5.41) is 11.8. The van der Waals surface area contributed by atoms with Crippen molar-refractivity contribution in [2.45, 2.75) is 19.4 Å². The minimum Gasteiger partial charge on any atom is -0.389 e.